The Balaban J connectivity index is 0.000000773. The molecule has 24 heavy (non-hydrogen) atoms. The van der Waals surface area contributed by atoms with E-state index in [4.69, 9.17) is 9.47 Å². The molecule has 2 rings (SSSR count). The molecule has 1 aliphatic rings. The molecular formula is C21H35NO2. The molecule has 0 unspecified atom stereocenters. The van der Waals surface area contributed by atoms with Gasteiger partial charge < -0.3 is 9.47 Å². The molecule has 0 saturated carbocycles. The maximum Gasteiger partial charge on any atom is 0.119 e. The highest BCUT2D eigenvalue weighted by Gasteiger charge is 2.11. The molecule has 0 N–H and O–H groups in total. The zero-order valence-electron chi connectivity index (χ0n) is 16.2. The van der Waals surface area contributed by atoms with Crippen molar-refractivity contribution in [3.8, 4) is 0 Å². The Morgan fingerprint density at radius 2 is 1.75 bits per heavy atom. The first kappa shape index (κ1) is 22.4. The maximum absolute atomic E-state index is 5.44. The van der Waals surface area contributed by atoms with Gasteiger partial charge in [0.05, 0.1) is 19.8 Å². The van der Waals surface area contributed by atoms with E-state index in [2.05, 4.69) is 36.3 Å². The van der Waals surface area contributed by atoms with Gasteiger partial charge in [0.2, 0.25) is 0 Å². The average Bonchev–Trinajstić information content (AvgIpc) is 2.58. The van der Waals surface area contributed by atoms with E-state index >= 15 is 0 Å². The zero-order chi connectivity index (χ0) is 18.4. The molecule has 0 bridgehead atoms. The van der Waals surface area contributed by atoms with Crippen LogP contribution in [0.5, 0.6) is 0 Å². The van der Waals surface area contributed by atoms with Crippen LogP contribution >= 0.6 is 0 Å². The highest BCUT2D eigenvalue weighted by atomic mass is 16.5. The van der Waals surface area contributed by atoms with E-state index in [9.17, 15) is 0 Å². The van der Waals surface area contributed by atoms with Crippen LogP contribution in [0.25, 0.3) is 5.76 Å². The van der Waals surface area contributed by atoms with Crippen molar-refractivity contribution in [2.24, 2.45) is 0 Å². The molecular weight excluding hydrogens is 298 g/mol. The van der Waals surface area contributed by atoms with Crippen LogP contribution in [0.15, 0.2) is 43.0 Å². The van der Waals surface area contributed by atoms with Crippen LogP contribution in [0.2, 0.25) is 0 Å². The molecule has 1 aromatic carbocycles. The van der Waals surface area contributed by atoms with Crippen molar-refractivity contribution < 1.29 is 9.47 Å². The second kappa shape index (κ2) is 13.8. The van der Waals surface area contributed by atoms with Gasteiger partial charge in [0.15, 0.2) is 0 Å². The van der Waals surface area contributed by atoms with Crippen molar-refractivity contribution in [3.63, 3.8) is 0 Å². The van der Waals surface area contributed by atoms with Gasteiger partial charge in [-0.25, -0.2) is 0 Å². The van der Waals surface area contributed by atoms with Crippen LogP contribution in [0.3, 0.4) is 0 Å². The minimum absolute atomic E-state index is 0.659. The second-order valence-corrected chi connectivity index (χ2v) is 5.65. The minimum atomic E-state index is 0.659. The molecule has 136 valence electrons. The number of allylic oxidation sites excluding steroid dienone is 1. The van der Waals surface area contributed by atoms with Crippen molar-refractivity contribution in [3.05, 3.63) is 54.1 Å². The fourth-order valence-electron chi connectivity index (χ4n) is 2.12. The third-order valence-corrected chi connectivity index (χ3v) is 3.08. The predicted octanol–water partition coefficient (Wildman–Crippen LogP) is 5.13. The summed E-state index contributed by atoms with van der Waals surface area (Å²) < 4.78 is 10.8. The summed E-state index contributed by atoms with van der Waals surface area (Å²) in [4.78, 5) is 2.41. The molecule has 0 radical (unpaired) electrons. The largest absolute Gasteiger partial charge is 0.494 e. The summed E-state index contributed by atoms with van der Waals surface area (Å²) in [5.41, 5.74) is 3.54. The summed E-state index contributed by atoms with van der Waals surface area (Å²) in [6.45, 7) is 22.7. The molecule has 3 heteroatoms. The predicted molar refractivity (Wildman–Crippen MR) is 105 cm³/mol. The van der Waals surface area contributed by atoms with Crippen LogP contribution in [-0.4, -0.2) is 37.8 Å². The lowest BCUT2D eigenvalue weighted by atomic mass is 10.1. The third-order valence-electron chi connectivity index (χ3n) is 3.08. The van der Waals surface area contributed by atoms with E-state index in [1.165, 1.54) is 11.1 Å². The molecule has 1 fully saturated rings. The van der Waals surface area contributed by atoms with Crippen LogP contribution < -0.4 is 0 Å². The molecule has 1 heterocycles. The van der Waals surface area contributed by atoms with Gasteiger partial charge in [-0.1, -0.05) is 44.2 Å². The first-order valence-electron chi connectivity index (χ1n) is 8.86. The number of rotatable bonds is 5. The lowest BCUT2D eigenvalue weighted by Crippen LogP contribution is -2.35. The highest BCUT2D eigenvalue weighted by molar-refractivity contribution is 5.58. The van der Waals surface area contributed by atoms with Gasteiger partial charge >= 0.3 is 0 Å². The number of benzene rings is 1. The summed E-state index contributed by atoms with van der Waals surface area (Å²) in [5.74, 6) is 0.751. The number of hydrogen-bond donors (Lipinski definition) is 0. The molecule has 1 aliphatic heterocycles. The Kier molecular flexibility index (Phi) is 12.9. The van der Waals surface area contributed by atoms with Crippen LogP contribution in [0, 0.1) is 0 Å². The van der Waals surface area contributed by atoms with Crippen LogP contribution in [0.1, 0.15) is 45.7 Å². The highest BCUT2D eigenvalue weighted by Crippen LogP contribution is 2.16. The van der Waals surface area contributed by atoms with Gasteiger partial charge in [0, 0.05) is 25.2 Å². The first-order valence-corrected chi connectivity index (χ1v) is 8.86. The van der Waals surface area contributed by atoms with E-state index < -0.39 is 0 Å². The third kappa shape index (κ3) is 10.2. The number of morpholine rings is 1. The standard InChI is InChI=1S/C15H21NO2.C4H8.C2H6/c1-3-18-13(2)15-6-4-5-14(11-15)12-16-7-9-17-10-8-16;1-4(2)3;1-2/h4-6,11H,2-3,7-10,12H2,1H3;1H2,2-3H3;1-2H3. The first-order chi connectivity index (χ1) is 11.5. The quantitative estimate of drug-likeness (QED) is 0.550. The lowest BCUT2D eigenvalue weighted by molar-refractivity contribution is 0.0342. The van der Waals surface area contributed by atoms with Gasteiger partial charge in [-0.15, -0.1) is 6.58 Å². The van der Waals surface area contributed by atoms with Gasteiger partial charge in [0.25, 0.3) is 0 Å². The Bertz CT molecular complexity index is 472. The second-order valence-electron chi connectivity index (χ2n) is 5.65. The van der Waals surface area contributed by atoms with Crippen molar-refractivity contribution in [1.29, 1.82) is 0 Å². The molecule has 0 amide bonds. The summed E-state index contributed by atoms with van der Waals surface area (Å²) in [5, 5.41) is 0. The molecule has 0 aliphatic carbocycles. The Hall–Kier alpha value is -1.58. The Morgan fingerprint density at radius 3 is 2.29 bits per heavy atom. The normalized spacial score (nSPS) is 13.7. The Morgan fingerprint density at radius 1 is 1.17 bits per heavy atom. The molecule has 0 atom stereocenters. The molecule has 1 saturated heterocycles. The number of nitrogens with zero attached hydrogens (tertiary/aromatic N) is 1. The van der Waals surface area contributed by atoms with Crippen LogP contribution in [0.4, 0.5) is 0 Å². The van der Waals surface area contributed by atoms with Gasteiger partial charge in [0.1, 0.15) is 5.76 Å². The van der Waals surface area contributed by atoms with E-state index in [0.29, 0.717) is 6.61 Å². The average molecular weight is 334 g/mol. The maximum atomic E-state index is 5.44. The zero-order valence-corrected chi connectivity index (χ0v) is 16.2. The van der Waals surface area contributed by atoms with Gasteiger partial charge in [-0.2, -0.15) is 0 Å². The van der Waals surface area contributed by atoms with Crippen LogP contribution in [-0.2, 0) is 16.0 Å². The van der Waals surface area contributed by atoms with Crippen molar-refractivity contribution in [2.75, 3.05) is 32.9 Å². The molecule has 1 aromatic rings. The van der Waals surface area contributed by atoms with E-state index in [-0.39, 0.29) is 0 Å². The fraction of sp³-hybridized carbons (Fsp3) is 0.524. The number of ether oxygens (including phenoxy) is 2. The van der Waals surface area contributed by atoms with E-state index in [1.807, 2.05) is 40.7 Å². The fourth-order valence-corrected chi connectivity index (χ4v) is 2.12. The van der Waals surface area contributed by atoms with Gasteiger partial charge in [-0.05, 0) is 32.4 Å². The summed E-state index contributed by atoms with van der Waals surface area (Å²) >= 11 is 0. The van der Waals surface area contributed by atoms with Crippen molar-refractivity contribution in [1.82, 2.24) is 4.90 Å². The van der Waals surface area contributed by atoms with Gasteiger partial charge in [-0.3, -0.25) is 4.90 Å². The monoisotopic (exact) mass is 333 g/mol. The Labute approximate surface area is 149 Å². The minimum Gasteiger partial charge on any atom is -0.494 e. The summed E-state index contributed by atoms with van der Waals surface area (Å²) in [7, 11) is 0. The molecule has 0 aromatic heterocycles. The van der Waals surface area contributed by atoms with E-state index in [1.54, 1.807) is 0 Å². The lowest BCUT2D eigenvalue weighted by Gasteiger charge is -2.26. The van der Waals surface area contributed by atoms with Crippen molar-refractivity contribution >= 4 is 5.76 Å². The molecule has 3 nitrogen and oxygen atoms in total. The van der Waals surface area contributed by atoms with E-state index in [0.717, 1.165) is 44.2 Å². The summed E-state index contributed by atoms with van der Waals surface area (Å²) in [6.07, 6.45) is 0. The smallest absolute Gasteiger partial charge is 0.119 e. The molecule has 0 spiro atoms. The SMILES string of the molecule is C=C(C)C.C=C(OCC)c1cccc(CN2CCOCC2)c1.CC. The number of hydrogen-bond acceptors (Lipinski definition) is 3. The topological polar surface area (TPSA) is 21.7 Å². The summed E-state index contributed by atoms with van der Waals surface area (Å²) in [6, 6.07) is 8.42. The van der Waals surface area contributed by atoms with Crippen molar-refractivity contribution in [2.45, 2.75) is 41.2 Å².